The van der Waals surface area contributed by atoms with E-state index in [-0.39, 0.29) is 0 Å². The molecule has 94 valence electrons. The van der Waals surface area contributed by atoms with Crippen LogP contribution in [-0.2, 0) is 4.79 Å². The molecule has 16 heavy (non-hydrogen) atoms. The Morgan fingerprint density at radius 1 is 1.25 bits per heavy atom. The number of carboxylic acids is 1. The second kappa shape index (κ2) is 8.96. The maximum Gasteiger partial charge on any atom is 0.328 e. The Morgan fingerprint density at radius 3 is 2.44 bits per heavy atom. The SMILES string of the molecule is CCCCCCNC(=O)N[C@@H](CO)C(=O)O. The quantitative estimate of drug-likeness (QED) is 0.453. The maximum absolute atomic E-state index is 11.2. The Labute approximate surface area is 95.0 Å². The van der Waals surface area contributed by atoms with Crippen LogP contribution in [0.1, 0.15) is 32.6 Å². The van der Waals surface area contributed by atoms with Crippen LogP contribution in [-0.4, -0.2) is 41.4 Å². The molecule has 0 aliphatic carbocycles. The molecule has 4 N–H and O–H groups in total. The number of amides is 2. The highest BCUT2D eigenvalue weighted by atomic mass is 16.4. The van der Waals surface area contributed by atoms with Crippen LogP contribution in [0.3, 0.4) is 0 Å². The predicted molar refractivity (Wildman–Crippen MR) is 59.2 cm³/mol. The first-order chi connectivity index (χ1) is 7.61. The van der Waals surface area contributed by atoms with Gasteiger partial charge in [0, 0.05) is 6.54 Å². The number of rotatable bonds is 8. The van der Waals surface area contributed by atoms with Gasteiger partial charge in [0.1, 0.15) is 0 Å². The van der Waals surface area contributed by atoms with Crippen molar-refractivity contribution >= 4 is 12.0 Å². The molecule has 0 saturated heterocycles. The summed E-state index contributed by atoms with van der Waals surface area (Å²) >= 11 is 0. The fourth-order valence-corrected chi connectivity index (χ4v) is 1.15. The minimum atomic E-state index is -1.25. The molecule has 0 heterocycles. The summed E-state index contributed by atoms with van der Waals surface area (Å²) < 4.78 is 0. The number of carbonyl (C=O) groups excluding carboxylic acids is 1. The van der Waals surface area contributed by atoms with Gasteiger partial charge in [0.2, 0.25) is 0 Å². The van der Waals surface area contributed by atoms with Crippen molar-refractivity contribution in [1.82, 2.24) is 10.6 Å². The average Bonchev–Trinajstić information content (AvgIpc) is 2.25. The lowest BCUT2D eigenvalue weighted by Crippen LogP contribution is -2.48. The summed E-state index contributed by atoms with van der Waals surface area (Å²) in [6.45, 7) is 2.00. The summed E-state index contributed by atoms with van der Waals surface area (Å²) in [6, 6.07) is -1.80. The molecule has 0 radical (unpaired) electrons. The zero-order valence-electron chi connectivity index (χ0n) is 9.53. The van der Waals surface area contributed by atoms with Gasteiger partial charge in [0.15, 0.2) is 6.04 Å². The molecule has 0 fully saturated rings. The van der Waals surface area contributed by atoms with Crippen LogP contribution < -0.4 is 10.6 Å². The van der Waals surface area contributed by atoms with Gasteiger partial charge in [-0.15, -0.1) is 0 Å². The lowest BCUT2D eigenvalue weighted by molar-refractivity contribution is -0.140. The van der Waals surface area contributed by atoms with E-state index in [1.54, 1.807) is 0 Å². The number of unbranched alkanes of at least 4 members (excludes halogenated alkanes) is 3. The number of aliphatic hydroxyl groups is 1. The number of carbonyl (C=O) groups is 2. The van der Waals surface area contributed by atoms with Crippen LogP contribution >= 0.6 is 0 Å². The summed E-state index contributed by atoms with van der Waals surface area (Å²) in [7, 11) is 0. The maximum atomic E-state index is 11.2. The highest BCUT2D eigenvalue weighted by molar-refractivity contribution is 5.82. The average molecular weight is 232 g/mol. The topological polar surface area (TPSA) is 98.7 Å². The molecule has 0 bridgehead atoms. The van der Waals surface area contributed by atoms with Crippen molar-refractivity contribution in [2.75, 3.05) is 13.2 Å². The van der Waals surface area contributed by atoms with E-state index in [4.69, 9.17) is 10.2 Å². The third-order valence-corrected chi connectivity index (χ3v) is 2.10. The Morgan fingerprint density at radius 2 is 1.94 bits per heavy atom. The first kappa shape index (κ1) is 14.7. The van der Waals surface area contributed by atoms with Gasteiger partial charge in [-0.05, 0) is 6.42 Å². The molecule has 2 amide bonds. The number of aliphatic carboxylic acids is 1. The molecule has 0 unspecified atom stereocenters. The summed E-state index contributed by atoms with van der Waals surface area (Å²) in [5, 5.41) is 21.9. The zero-order chi connectivity index (χ0) is 12.4. The molecule has 0 rings (SSSR count). The van der Waals surface area contributed by atoms with Gasteiger partial charge in [0.05, 0.1) is 6.61 Å². The number of nitrogens with one attached hydrogen (secondary N) is 2. The van der Waals surface area contributed by atoms with Crippen LogP contribution in [0, 0.1) is 0 Å². The lowest BCUT2D eigenvalue weighted by atomic mass is 10.2. The minimum Gasteiger partial charge on any atom is -0.480 e. The van der Waals surface area contributed by atoms with E-state index in [0.29, 0.717) is 6.54 Å². The number of aliphatic hydroxyl groups excluding tert-OH is 1. The Hall–Kier alpha value is -1.30. The van der Waals surface area contributed by atoms with Gasteiger partial charge in [-0.2, -0.15) is 0 Å². The minimum absolute atomic E-state index is 0.517. The van der Waals surface area contributed by atoms with Crippen molar-refractivity contribution in [1.29, 1.82) is 0 Å². The largest absolute Gasteiger partial charge is 0.480 e. The van der Waals surface area contributed by atoms with Crippen molar-refractivity contribution in [3.63, 3.8) is 0 Å². The normalized spacial score (nSPS) is 11.9. The Balaban J connectivity index is 3.61. The molecule has 0 aromatic rings. The molecule has 6 heteroatoms. The molecular formula is C10H20N2O4. The van der Waals surface area contributed by atoms with Crippen LogP contribution in [0.25, 0.3) is 0 Å². The van der Waals surface area contributed by atoms with E-state index < -0.39 is 24.6 Å². The van der Waals surface area contributed by atoms with Gasteiger partial charge in [0.25, 0.3) is 0 Å². The van der Waals surface area contributed by atoms with Crippen LogP contribution in [0.2, 0.25) is 0 Å². The predicted octanol–water partition coefficient (Wildman–Crippen LogP) is 0.311. The highest BCUT2D eigenvalue weighted by Gasteiger charge is 2.17. The van der Waals surface area contributed by atoms with E-state index in [2.05, 4.69) is 17.6 Å². The molecule has 0 saturated carbocycles. The third-order valence-electron chi connectivity index (χ3n) is 2.10. The number of hydrogen-bond donors (Lipinski definition) is 4. The highest BCUT2D eigenvalue weighted by Crippen LogP contribution is 1.96. The first-order valence-electron chi connectivity index (χ1n) is 5.49. The Kier molecular flexibility index (Phi) is 8.24. The molecule has 0 spiro atoms. The fraction of sp³-hybridized carbons (Fsp3) is 0.800. The molecule has 0 aromatic heterocycles. The molecule has 0 aromatic carbocycles. The van der Waals surface area contributed by atoms with Gasteiger partial charge < -0.3 is 20.8 Å². The Bertz CT molecular complexity index is 221. The van der Waals surface area contributed by atoms with Crippen molar-refractivity contribution in [3.05, 3.63) is 0 Å². The van der Waals surface area contributed by atoms with E-state index >= 15 is 0 Å². The van der Waals surface area contributed by atoms with Crippen molar-refractivity contribution in [2.45, 2.75) is 38.6 Å². The summed E-state index contributed by atoms with van der Waals surface area (Å²) in [5.41, 5.74) is 0. The third kappa shape index (κ3) is 7.05. The van der Waals surface area contributed by atoms with Crippen molar-refractivity contribution in [2.24, 2.45) is 0 Å². The van der Waals surface area contributed by atoms with Gasteiger partial charge in [-0.25, -0.2) is 9.59 Å². The van der Waals surface area contributed by atoms with E-state index in [9.17, 15) is 9.59 Å². The first-order valence-corrected chi connectivity index (χ1v) is 5.49. The van der Waals surface area contributed by atoms with E-state index in [0.717, 1.165) is 25.7 Å². The van der Waals surface area contributed by atoms with E-state index in [1.165, 1.54) is 0 Å². The number of urea groups is 1. The van der Waals surface area contributed by atoms with Crippen LogP contribution in [0.5, 0.6) is 0 Å². The lowest BCUT2D eigenvalue weighted by Gasteiger charge is -2.12. The van der Waals surface area contributed by atoms with Crippen molar-refractivity contribution in [3.8, 4) is 0 Å². The number of carboxylic acid groups (broad SMARTS) is 1. The second-order valence-electron chi connectivity index (χ2n) is 3.53. The molecule has 6 nitrogen and oxygen atoms in total. The summed E-state index contributed by atoms with van der Waals surface area (Å²) in [4.78, 5) is 21.6. The van der Waals surface area contributed by atoms with Gasteiger partial charge in [-0.1, -0.05) is 26.2 Å². The second-order valence-corrected chi connectivity index (χ2v) is 3.53. The smallest absolute Gasteiger partial charge is 0.328 e. The molecule has 1 atom stereocenters. The van der Waals surface area contributed by atoms with Crippen LogP contribution in [0.4, 0.5) is 4.79 Å². The number of hydrogen-bond acceptors (Lipinski definition) is 3. The molecule has 0 aliphatic heterocycles. The monoisotopic (exact) mass is 232 g/mol. The molecular weight excluding hydrogens is 212 g/mol. The fourth-order valence-electron chi connectivity index (χ4n) is 1.15. The zero-order valence-corrected chi connectivity index (χ0v) is 9.53. The summed E-state index contributed by atoms with van der Waals surface area (Å²) in [5.74, 6) is -1.25. The van der Waals surface area contributed by atoms with Gasteiger partial charge >= 0.3 is 12.0 Å². The van der Waals surface area contributed by atoms with Crippen LogP contribution in [0.15, 0.2) is 0 Å². The summed E-state index contributed by atoms with van der Waals surface area (Å²) in [6.07, 6.45) is 4.16. The standard InChI is InChI=1S/C10H20N2O4/c1-2-3-4-5-6-11-10(16)12-8(7-13)9(14)15/h8,13H,2-7H2,1H3,(H,14,15)(H2,11,12,16)/t8-/m0/s1. The van der Waals surface area contributed by atoms with Crippen molar-refractivity contribution < 1.29 is 19.8 Å². The van der Waals surface area contributed by atoms with E-state index in [1.807, 2.05) is 0 Å². The molecule has 0 aliphatic rings. The van der Waals surface area contributed by atoms with Gasteiger partial charge in [-0.3, -0.25) is 0 Å².